The number of aromatic nitrogens is 1. The fraction of sp³-hybridized carbons (Fsp3) is 0.375. The van der Waals surface area contributed by atoms with E-state index < -0.39 is 21.8 Å². The molecule has 3 rings (SSSR count). The van der Waals surface area contributed by atoms with Crippen LogP contribution in [0.5, 0.6) is 5.75 Å². The second kappa shape index (κ2) is 7.16. The van der Waals surface area contributed by atoms with E-state index in [9.17, 15) is 22.7 Å². The smallest absolute Gasteiger partial charge is 0.343 e. The van der Waals surface area contributed by atoms with E-state index in [0.717, 1.165) is 6.07 Å². The molecule has 2 heterocycles. The Morgan fingerprint density at radius 3 is 2.89 bits per heavy atom. The van der Waals surface area contributed by atoms with Crippen LogP contribution in [0, 0.1) is 11.7 Å². The van der Waals surface area contributed by atoms with Gasteiger partial charge in [-0.05, 0) is 30.5 Å². The molecule has 27 heavy (non-hydrogen) atoms. The lowest BCUT2D eigenvalue weighted by Gasteiger charge is -2.15. The first-order valence-corrected chi connectivity index (χ1v) is 9.73. The number of methoxy groups -OCH3 is 1. The summed E-state index contributed by atoms with van der Waals surface area (Å²) in [6.45, 7) is 0.703. The number of nitrogens with two attached hydrogens (primary N) is 1. The zero-order valence-electron chi connectivity index (χ0n) is 14.4. The second-order valence-corrected chi connectivity index (χ2v) is 7.95. The number of hydrogen-bond donors (Lipinski definition) is 2. The van der Waals surface area contributed by atoms with Gasteiger partial charge in [0.05, 0.1) is 12.9 Å². The Kier molecular flexibility index (Phi) is 5.07. The topological polar surface area (TPSA) is 136 Å². The highest BCUT2D eigenvalue weighted by molar-refractivity contribution is 7.89. The number of sulfonamides is 1. The van der Waals surface area contributed by atoms with E-state index in [1.165, 1.54) is 19.2 Å². The normalized spacial score (nSPS) is 17.3. The number of nitrogens with zero attached hydrogens (tertiary/aromatic N) is 2. The van der Waals surface area contributed by atoms with E-state index in [1.807, 2.05) is 0 Å². The Balaban J connectivity index is 1.94. The van der Waals surface area contributed by atoms with Crippen LogP contribution in [-0.2, 0) is 10.0 Å². The standard InChI is InChI=1S/C16H18FN3O6S/c1-25-12-6-10(2-3-11(12)17)14-13(16(21)22)15(19-26-14)20-5-4-9(7-20)8-27(18,23)24/h2-3,6,9H,4-5,7-8H2,1H3,(H,21,22)(H2,18,23,24). The van der Waals surface area contributed by atoms with Gasteiger partial charge in [0.15, 0.2) is 28.7 Å². The number of rotatable bonds is 6. The van der Waals surface area contributed by atoms with Crippen molar-refractivity contribution in [1.82, 2.24) is 5.16 Å². The van der Waals surface area contributed by atoms with Crippen LogP contribution in [0.1, 0.15) is 16.8 Å². The van der Waals surface area contributed by atoms with Gasteiger partial charge in [0, 0.05) is 18.7 Å². The minimum absolute atomic E-state index is 0.0364. The molecule has 0 radical (unpaired) electrons. The molecule has 1 saturated heterocycles. The lowest BCUT2D eigenvalue weighted by Crippen LogP contribution is -2.27. The molecule has 1 aliphatic heterocycles. The highest BCUT2D eigenvalue weighted by Crippen LogP contribution is 2.35. The first-order chi connectivity index (χ1) is 12.7. The Bertz CT molecular complexity index is 975. The summed E-state index contributed by atoms with van der Waals surface area (Å²) in [6.07, 6.45) is 0.530. The van der Waals surface area contributed by atoms with E-state index in [2.05, 4.69) is 5.16 Å². The average molecular weight is 399 g/mol. The fourth-order valence-corrected chi connectivity index (χ4v) is 4.11. The summed E-state index contributed by atoms with van der Waals surface area (Å²) in [4.78, 5) is 13.5. The summed E-state index contributed by atoms with van der Waals surface area (Å²) in [5.74, 6) is -2.28. The van der Waals surface area contributed by atoms with Crippen LogP contribution < -0.4 is 14.8 Å². The van der Waals surface area contributed by atoms with E-state index in [0.29, 0.717) is 18.5 Å². The van der Waals surface area contributed by atoms with Crippen molar-refractivity contribution >= 4 is 21.8 Å². The summed E-state index contributed by atoms with van der Waals surface area (Å²) >= 11 is 0. The maximum atomic E-state index is 13.6. The van der Waals surface area contributed by atoms with Crippen LogP contribution in [0.2, 0.25) is 0 Å². The van der Waals surface area contributed by atoms with E-state index in [-0.39, 0.29) is 41.1 Å². The molecule has 1 aromatic heterocycles. The van der Waals surface area contributed by atoms with Gasteiger partial charge in [0.25, 0.3) is 0 Å². The van der Waals surface area contributed by atoms with Crippen molar-refractivity contribution in [3.05, 3.63) is 29.6 Å². The minimum Gasteiger partial charge on any atom is -0.494 e. The molecule has 1 aromatic carbocycles. The SMILES string of the molecule is COc1cc(-c2onc(N3CCC(CS(N)(=O)=O)C3)c2C(=O)O)ccc1F. The van der Waals surface area contributed by atoms with Gasteiger partial charge >= 0.3 is 5.97 Å². The molecule has 2 aromatic rings. The van der Waals surface area contributed by atoms with Gasteiger partial charge in [-0.25, -0.2) is 22.7 Å². The summed E-state index contributed by atoms with van der Waals surface area (Å²) in [5, 5.41) is 18.6. The van der Waals surface area contributed by atoms with Crippen LogP contribution in [0.15, 0.2) is 22.7 Å². The quantitative estimate of drug-likeness (QED) is 0.742. The van der Waals surface area contributed by atoms with Crippen molar-refractivity contribution in [2.45, 2.75) is 6.42 Å². The Hall–Kier alpha value is -2.66. The van der Waals surface area contributed by atoms with Gasteiger partial charge in [-0.2, -0.15) is 0 Å². The fourth-order valence-electron chi connectivity index (χ4n) is 3.18. The van der Waals surface area contributed by atoms with Crippen molar-refractivity contribution < 1.29 is 32.0 Å². The van der Waals surface area contributed by atoms with Crippen molar-refractivity contribution in [1.29, 1.82) is 0 Å². The third-order valence-corrected chi connectivity index (χ3v) is 5.29. The molecule has 3 N–H and O–H groups in total. The largest absolute Gasteiger partial charge is 0.494 e. The zero-order chi connectivity index (χ0) is 19.8. The minimum atomic E-state index is -3.63. The van der Waals surface area contributed by atoms with Crippen LogP contribution in [0.3, 0.4) is 0 Å². The molecule has 1 atom stereocenters. The van der Waals surface area contributed by atoms with Gasteiger partial charge in [-0.1, -0.05) is 5.16 Å². The molecule has 1 unspecified atom stereocenters. The Morgan fingerprint density at radius 1 is 1.52 bits per heavy atom. The van der Waals surface area contributed by atoms with Gasteiger partial charge in [0.2, 0.25) is 10.0 Å². The molecule has 0 aliphatic carbocycles. The van der Waals surface area contributed by atoms with Gasteiger partial charge < -0.3 is 19.3 Å². The van der Waals surface area contributed by atoms with E-state index >= 15 is 0 Å². The van der Waals surface area contributed by atoms with E-state index in [4.69, 9.17) is 14.4 Å². The lowest BCUT2D eigenvalue weighted by atomic mass is 10.1. The summed E-state index contributed by atoms with van der Waals surface area (Å²) < 4.78 is 46.3. The van der Waals surface area contributed by atoms with E-state index in [1.54, 1.807) is 4.90 Å². The number of hydrogen-bond acceptors (Lipinski definition) is 7. The zero-order valence-corrected chi connectivity index (χ0v) is 15.2. The predicted molar refractivity (Wildman–Crippen MR) is 93.7 cm³/mol. The molecule has 0 bridgehead atoms. The number of aromatic carboxylic acids is 1. The first kappa shape index (κ1) is 19.1. The first-order valence-electron chi connectivity index (χ1n) is 8.02. The highest BCUT2D eigenvalue weighted by Gasteiger charge is 2.33. The number of anilines is 1. The molecule has 0 spiro atoms. The third-order valence-electron chi connectivity index (χ3n) is 4.35. The maximum absolute atomic E-state index is 13.6. The van der Waals surface area contributed by atoms with Crippen LogP contribution in [0.25, 0.3) is 11.3 Å². The Labute approximate surface area is 154 Å². The lowest BCUT2D eigenvalue weighted by molar-refractivity contribution is 0.0698. The molecular formula is C16H18FN3O6S. The summed E-state index contributed by atoms with van der Waals surface area (Å²) in [5.41, 5.74) is 0.115. The van der Waals surface area contributed by atoms with Crippen molar-refractivity contribution in [3.8, 4) is 17.1 Å². The summed E-state index contributed by atoms with van der Waals surface area (Å²) in [7, 11) is -2.33. The number of carboxylic acid groups (broad SMARTS) is 1. The van der Waals surface area contributed by atoms with Crippen LogP contribution in [0.4, 0.5) is 10.2 Å². The molecule has 1 fully saturated rings. The number of carboxylic acids is 1. The molecule has 11 heteroatoms. The maximum Gasteiger partial charge on any atom is 0.343 e. The summed E-state index contributed by atoms with van der Waals surface area (Å²) in [6, 6.07) is 3.82. The van der Waals surface area contributed by atoms with Gasteiger partial charge in [-0.15, -0.1) is 0 Å². The van der Waals surface area contributed by atoms with Crippen LogP contribution in [-0.4, -0.2) is 50.6 Å². The molecule has 0 saturated carbocycles. The number of carbonyl (C=O) groups is 1. The molecule has 1 aliphatic rings. The number of halogens is 1. The molecular weight excluding hydrogens is 381 g/mol. The number of benzene rings is 1. The average Bonchev–Trinajstić information content (AvgIpc) is 3.20. The predicted octanol–water partition coefficient (Wildman–Crippen LogP) is 1.30. The van der Waals surface area contributed by atoms with Crippen LogP contribution >= 0.6 is 0 Å². The Morgan fingerprint density at radius 2 is 2.26 bits per heavy atom. The monoisotopic (exact) mass is 399 g/mol. The second-order valence-electron chi connectivity index (χ2n) is 6.30. The number of primary sulfonamides is 1. The van der Waals surface area contributed by atoms with Crippen molar-refractivity contribution in [2.75, 3.05) is 30.9 Å². The van der Waals surface area contributed by atoms with Crippen molar-refractivity contribution in [3.63, 3.8) is 0 Å². The third kappa shape index (κ3) is 4.03. The molecule has 9 nitrogen and oxygen atoms in total. The van der Waals surface area contributed by atoms with Crippen molar-refractivity contribution in [2.24, 2.45) is 11.1 Å². The molecule has 146 valence electrons. The molecule has 0 amide bonds. The number of ether oxygens (including phenoxy) is 1. The van der Waals surface area contributed by atoms with Gasteiger partial charge in [0.1, 0.15) is 0 Å². The van der Waals surface area contributed by atoms with Gasteiger partial charge in [-0.3, -0.25) is 0 Å². The highest BCUT2D eigenvalue weighted by atomic mass is 32.2.